The Bertz CT molecular complexity index is 508. The summed E-state index contributed by atoms with van der Waals surface area (Å²) in [7, 11) is 0. The van der Waals surface area contributed by atoms with Crippen molar-refractivity contribution in [2.24, 2.45) is 11.8 Å². The molecule has 1 N–H and O–H groups in total. The summed E-state index contributed by atoms with van der Waals surface area (Å²) >= 11 is 0. The highest BCUT2D eigenvalue weighted by Gasteiger charge is 2.29. The van der Waals surface area contributed by atoms with Crippen LogP contribution in [-0.2, 0) is 16.1 Å². The zero-order valence-electron chi connectivity index (χ0n) is 13.4. The number of nitrogens with zero attached hydrogens (tertiary/aromatic N) is 1. The Labute approximate surface area is 132 Å². The topological polar surface area (TPSA) is 41.6 Å². The minimum Gasteiger partial charge on any atom is -0.378 e. The Balaban J connectivity index is 1.56. The monoisotopic (exact) mass is 302 g/mol. The van der Waals surface area contributed by atoms with E-state index in [-0.39, 0.29) is 5.91 Å². The predicted molar refractivity (Wildman–Crippen MR) is 87.8 cm³/mol. The van der Waals surface area contributed by atoms with Gasteiger partial charge in [0, 0.05) is 31.7 Å². The molecule has 0 aromatic heterocycles. The van der Waals surface area contributed by atoms with Gasteiger partial charge in [-0.15, -0.1) is 0 Å². The Hall–Kier alpha value is -1.55. The molecule has 4 nitrogen and oxygen atoms in total. The van der Waals surface area contributed by atoms with Crippen LogP contribution in [0.15, 0.2) is 24.3 Å². The Morgan fingerprint density at radius 2 is 2.05 bits per heavy atom. The number of hydrogen-bond acceptors (Lipinski definition) is 3. The van der Waals surface area contributed by atoms with E-state index in [4.69, 9.17) is 4.74 Å². The Kier molecular flexibility index (Phi) is 4.98. The zero-order valence-corrected chi connectivity index (χ0v) is 13.4. The third-order valence-corrected chi connectivity index (χ3v) is 4.75. The molecule has 3 rings (SSSR count). The maximum absolute atomic E-state index is 12.1. The number of nitrogens with one attached hydrogen (secondary N) is 1. The number of anilines is 1. The first-order valence-corrected chi connectivity index (χ1v) is 8.41. The van der Waals surface area contributed by atoms with Gasteiger partial charge >= 0.3 is 0 Å². The molecule has 4 heteroatoms. The summed E-state index contributed by atoms with van der Waals surface area (Å²) in [6, 6.07) is 8.35. The first-order chi connectivity index (χ1) is 10.7. The summed E-state index contributed by atoms with van der Waals surface area (Å²) in [5.41, 5.74) is 2.41. The molecule has 1 saturated heterocycles. The van der Waals surface area contributed by atoms with Gasteiger partial charge in [0.1, 0.15) is 0 Å². The Morgan fingerprint density at radius 3 is 2.77 bits per heavy atom. The number of carbonyl (C=O) groups excluding carboxylic acids is 1. The second-order valence-electron chi connectivity index (χ2n) is 6.52. The van der Waals surface area contributed by atoms with E-state index >= 15 is 0 Å². The summed E-state index contributed by atoms with van der Waals surface area (Å²) in [6.45, 7) is 6.20. The molecule has 1 amide bonds. The number of benzene rings is 1. The highest BCUT2D eigenvalue weighted by atomic mass is 16.5. The van der Waals surface area contributed by atoms with Crippen molar-refractivity contribution in [3.8, 4) is 0 Å². The third kappa shape index (κ3) is 4.01. The number of carbonyl (C=O) groups is 1. The van der Waals surface area contributed by atoms with Gasteiger partial charge in [0.15, 0.2) is 0 Å². The van der Waals surface area contributed by atoms with Gasteiger partial charge in [-0.05, 0) is 36.3 Å². The number of morpholine rings is 1. The normalized spacial score (nSPS) is 19.8. The van der Waals surface area contributed by atoms with Crippen LogP contribution in [0.1, 0.15) is 31.7 Å². The van der Waals surface area contributed by atoms with E-state index in [1.807, 2.05) is 6.07 Å². The van der Waals surface area contributed by atoms with Crippen molar-refractivity contribution in [3.63, 3.8) is 0 Å². The molecule has 120 valence electrons. The maximum Gasteiger partial charge on any atom is 0.220 e. The summed E-state index contributed by atoms with van der Waals surface area (Å²) in [5.74, 6) is 1.48. The van der Waals surface area contributed by atoms with Gasteiger partial charge in [0.2, 0.25) is 5.91 Å². The van der Waals surface area contributed by atoms with E-state index in [1.165, 1.54) is 24.1 Å². The minimum absolute atomic E-state index is 0.177. The highest BCUT2D eigenvalue weighted by Crippen LogP contribution is 2.38. The molecular weight excluding hydrogens is 276 g/mol. The van der Waals surface area contributed by atoms with Crippen LogP contribution in [0.5, 0.6) is 0 Å². The lowest BCUT2D eigenvalue weighted by Crippen LogP contribution is -2.37. The zero-order chi connectivity index (χ0) is 15.4. The van der Waals surface area contributed by atoms with Crippen LogP contribution >= 0.6 is 0 Å². The fraction of sp³-hybridized carbons (Fsp3) is 0.611. The van der Waals surface area contributed by atoms with Gasteiger partial charge in [-0.25, -0.2) is 0 Å². The lowest BCUT2D eigenvalue weighted by atomic mass is 10.0. The van der Waals surface area contributed by atoms with Crippen LogP contribution in [0.3, 0.4) is 0 Å². The molecule has 1 saturated carbocycles. The third-order valence-electron chi connectivity index (χ3n) is 4.75. The van der Waals surface area contributed by atoms with Crippen LogP contribution in [0, 0.1) is 11.8 Å². The van der Waals surface area contributed by atoms with E-state index in [1.54, 1.807) is 0 Å². The summed E-state index contributed by atoms with van der Waals surface area (Å²) in [4.78, 5) is 14.4. The van der Waals surface area contributed by atoms with Gasteiger partial charge in [-0.3, -0.25) is 4.79 Å². The van der Waals surface area contributed by atoms with E-state index < -0.39 is 0 Å². The lowest BCUT2D eigenvalue weighted by Gasteiger charge is -2.30. The number of amides is 1. The number of para-hydroxylation sites is 1. The molecule has 1 aliphatic heterocycles. The van der Waals surface area contributed by atoms with Crippen LogP contribution in [0.25, 0.3) is 0 Å². The van der Waals surface area contributed by atoms with Crippen molar-refractivity contribution in [2.45, 2.75) is 32.7 Å². The summed E-state index contributed by atoms with van der Waals surface area (Å²) in [5, 5.41) is 3.10. The fourth-order valence-corrected chi connectivity index (χ4v) is 3.16. The second-order valence-corrected chi connectivity index (χ2v) is 6.52. The van der Waals surface area contributed by atoms with Crippen LogP contribution in [-0.4, -0.2) is 32.2 Å². The van der Waals surface area contributed by atoms with Crippen molar-refractivity contribution in [1.82, 2.24) is 5.32 Å². The van der Waals surface area contributed by atoms with Crippen molar-refractivity contribution in [1.29, 1.82) is 0 Å². The van der Waals surface area contributed by atoms with Crippen LogP contribution in [0.2, 0.25) is 0 Å². The second kappa shape index (κ2) is 7.14. The van der Waals surface area contributed by atoms with Gasteiger partial charge < -0.3 is 15.0 Å². The quantitative estimate of drug-likeness (QED) is 0.878. The lowest BCUT2D eigenvalue weighted by molar-refractivity contribution is -0.122. The van der Waals surface area contributed by atoms with E-state index in [0.29, 0.717) is 18.9 Å². The van der Waals surface area contributed by atoms with Gasteiger partial charge in [-0.2, -0.15) is 0 Å². The van der Waals surface area contributed by atoms with Gasteiger partial charge in [0.05, 0.1) is 13.2 Å². The first-order valence-electron chi connectivity index (χ1n) is 8.41. The van der Waals surface area contributed by atoms with E-state index in [9.17, 15) is 4.79 Å². The molecular formula is C18H26N2O2. The predicted octanol–water partition coefficient (Wildman–Crippen LogP) is 2.58. The van der Waals surface area contributed by atoms with Crippen molar-refractivity contribution >= 4 is 11.6 Å². The average molecular weight is 302 g/mol. The Morgan fingerprint density at radius 1 is 1.32 bits per heavy atom. The standard InChI is InChI=1S/C18H26N2O2/c1-14(15-6-7-15)12-18(21)19-13-16-4-2-3-5-17(16)20-8-10-22-11-9-20/h2-5,14-15H,6-13H2,1H3,(H,19,21). The molecule has 22 heavy (non-hydrogen) atoms. The van der Waals surface area contributed by atoms with Crippen LogP contribution in [0.4, 0.5) is 5.69 Å². The van der Waals surface area contributed by atoms with Gasteiger partial charge in [-0.1, -0.05) is 25.1 Å². The molecule has 1 atom stereocenters. The molecule has 0 spiro atoms. The maximum atomic E-state index is 12.1. The molecule has 1 unspecified atom stereocenters. The highest BCUT2D eigenvalue weighted by molar-refractivity contribution is 5.76. The molecule has 0 radical (unpaired) electrons. The largest absolute Gasteiger partial charge is 0.378 e. The molecule has 0 bridgehead atoms. The molecule has 1 aromatic carbocycles. The molecule has 1 aromatic rings. The fourth-order valence-electron chi connectivity index (χ4n) is 3.16. The van der Waals surface area contributed by atoms with Crippen molar-refractivity contribution in [2.75, 3.05) is 31.2 Å². The molecule has 1 heterocycles. The van der Waals surface area contributed by atoms with Crippen molar-refractivity contribution in [3.05, 3.63) is 29.8 Å². The summed E-state index contributed by atoms with van der Waals surface area (Å²) in [6.07, 6.45) is 3.26. The SMILES string of the molecule is CC(CC(=O)NCc1ccccc1N1CCOCC1)C1CC1. The van der Waals surface area contributed by atoms with Crippen LogP contribution < -0.4 is 10.2 Å². The van der Waals surface area contributed by atoms with E-state index in [0.717, 1.165) is 32.2 Å². The van der Waals surface area contributed by atoms with E-state index in [2.05, 4.69) is 35.3 Å². The molecule has 2 aliphatic rings. The van der Waals surface area contributed by atoms with Crippen molar-refractivity contribution < 1.29 is 9.53 Å². The minimum atomic E-state index is 0.177. The number of ether oxygens (including phenoxy) is 1. The number of hydrogen-bond donors (Lipinski definition) is 1. The molecule has 2 fully saturated rings. The first kappa shape index (κ1) is 15.3. The van der Waals surface area contributed by atoms with Gasteiger partial charge in [0.25, 0.3) is 0 Å². The summed E-state index contributed by atoms with van der Waals surface area (Å²) < 4.78 is 5.42. The average Bonchev–Trinajstić information content (AvgIpc) is 3.39. The number of rotatable bonds is 6. The molecule has 1 aliphatic carbocycles. The smallest absolute Gasteiger partial charge is 0.220 e.